The van der Waals surface area contributed by atoms with E-state index >= 15 is 0 Å². The quantitative estimate of drug-likeness (QED) is 0.550. The Morgan fingerprint density at radius 2 is 1.70 bits per heavy atom. The lowest BCUT2D eigenvalue weighted by Crippen LogP contribution is -2.00. The van der Waals surface area contributed by atoms with Crippen molar-refractivity contribution in [3.8, 4) is 22.6 Å². The molecule has 0 aliphatic rings. The maximum absolute atomic E-state index is 12.3. The summed E-state index contributed by atoms with van der Waals surface area (Å²) >= 11 is 0. The van der Waals surface area contributed by atoms with Crippen LogP contribution in [0, 0.1) is 6.92 Å². The molecule has 0 spiro atoms. The van der Waals surface area contributed by atoms with Gasteiger partial charge in [0.2, 0.25) is 0 Å². The lowest BCUT2D eigenvalue weighted by atomic mass is 10.0. The largest absolute Gasteiger partial charge is 0.456 e. The number of hydrogen-bond acceptors (Lipinski definition) is 4. The van der Waals surface area contributed by atoms with Gasteiger partial charge in [-0.05, 0) is 19.1 Å². The van der Waals surface area contributed by atoms with Gasteiger partial charge in [0.1, 0.15) is 22.8 Å². The van der Waals surface area contributed by atoms with Gasteiger partial charge >= 0.3 is 0 Å². The molecule has 0 atom stereocenters. The highest BCUT2D eigenvalue weighted by atomic mass is 16.5. The van der Waals surface area contributed by atoms with Gasteiger partial charge in [-0.1, -0.05) is 47.6 Å². The highest BCUT2D eigenvalue weighted by molar-refractivity contribution is 5.83. The summed E-state index contributed by atoms with van der Waals surface area (Å²) in [5, 5.41) is 4.70. The molecule has 4 heteroatoms. The van der Waals surface area contributed by atoms with Crippen molar-refractivity contribution < 1.29 is 8.94 Å². The molecule has 112 valence electrons. The first-order chi connectivity index (χ1) is 11.2. The van der Waals surface area contributed by atoms with E-state index in [2.05, 4.69) is 5.16 Å². The number of hydrogen-bond donors (Lipinski definition) is 0. The van der Waals surface area contributed by atoms with Crippen LogP contribution >= 0.6 is 0 Å². The van der Waals surface area contributed by atoms with Crippen molar-refractivity contribution in [3.63, 3.8) is 0 Å². The Kier molecular flexibility index (Phi) is 3.08. The Labute approximate surface area is 132 Å². The predicted molar refractivity (Wildman–Crippen MR) is 88.2 cm³/mol. The third kappa shape index (κ3) is 2.25. The smallest absolute Gasteiger partial charge is 0.193 e. The Morgan fingerprint density at radius 1 is 0.957 bits per heavy atom. The lowest BCUT2D eigenvalue weighted by Gasteiger charge is -2.04. The Bertz CT molecular complexity index is 1050. The van der Waals surface area contributed by atoms with Gasteiger partial charge in [0, 0.05) is 11.6 Å². The van der Waals surface area contributed by atoms with E-state index in [1.165, 1.54) is 6.07 Å². The molecule has 4 aromatic rings. The average Bonchev–Trinajstić information content (AvgIpc) is 2.97. The molecule has 0 aliphatic heterocycles. The number of aromatic nitrogens is 1. The number of para-hydroxylation sites is 1. The highest BCUT2D eigenvalue weighted by Gasteiger charge is 2.19. The van der Waals surface area contributed by atoms with E-state index in [0.29, 0.717) is 33.7 Å². The standard InChI is InChI=1S/C19H13NO3/c1-12-18(19(20-23-12)13-7-3-2-4-8-13)17-11-15(21)14-9-5-6-10-16(14)22-17/h2-11H,1H3. The molecule has 0 unspecified atom stereocenters. The van der Waals surface area contributed by atoms with E-state index in [4.69, 9.17) is 8.94 Å². The van der Waals surface area contributed by atoms with Crippen molar-refractivity contribution in [1.82, 2.24) is 5.16 Å². The normalized spacial score (nSPS) is 11.0. The third-order valence-electron chi connectivity index (χ3n) is 3.79. The van der Waals surface area contributed by atoms with Gasteiger partial charge in [-0.25, -0.2) is 0 Å². The minimum atomic E-state index is -0.0820. The molecule has 0 amide bonds. The van der Waals surface area contributed by atoms with Gasteiger partial charge in [-0.15, -0.1) is 0 Å². The fraction of sp³-hybridized carbons (Fsp3) is 0.0526. The van der Waals surface area contributed by atoms with Crippen molar-refractivity contribution in [2.24, 2.45) is 0 Å². The molecule has 0 bridgehead atoms. The second-order valence-corrected chi connectivity index (χ2v) is 5.30. The van der Waals surface area contributed by atoms with Crippen LogP contribution in [-0.4, -0.2) is 5.16 Å². The second kappa shape index (κ2) is 5.25. The maximum Gasteiger partial charge on any atom is 0.193 e. The van der Waals surface area contributed by atoms with Gasteiger partial charge in [0.05, 0.1) is 10.9 Å². The predicted octanol–water partition coefficient (Wildman–Crippen LogP) is 4.42. The first-order valence-corrected chi connectivity index (χ1v) is 7.29. The van der Waals surface area contributed by atoms with Crippen LogP contribution in [0.2, 0.25) is 0 Å². The topological polar surface area (TPSA) is 56.2 Å². The molecule has 23 heavy (non-hydrogen) atoms. The molecule has 2 aromatic carbocycles. The summed E-state index contributed by atoms with van der Waals surface area (Å²) in [6, 6.07) is 18.4. The molecule has 2 heterocycles. The van der Waals surface area contributed by atoms with Crippen LogP contribution in [0.15, 0.2) is 74.4 Å². The van der Waals surface area contributed by atoms with Crippen LogP contribution in [0.1, 0.15) is 5.76 Å². The summed E-state index contributed by atoms with van der Waals surface area (Å²) in [5.41, 5.74) is 2.76. The summed E-state index contributed by atoms with van der Waals surface area (Å²) < 4.78 is 11.3. The van der Waals surface area contributed by atoms with Crippen LogP contribution in [-0.2, 0) is 0 Å². The summed E-state index contributed by atoms with van der Waals surface area (Å²) in [6.45, 7) is 1.81. The molecular formula is C19H13NO3. The first kappa shape index (κ1) is 13.5. The van der Waals surface area contributed by atoms with Crippen molar-refractivity contribution in [3.05, 3.63) is 76.6 Å². The fourth-order valence-corrected chi connectivity index (χ4v) is 2.68. The van der Waals surface area contributed by atoms with E-state index in [9.17, 15) is 4.79 Å². The summed E-state index contributed by atoms with van der Waals surface area (Å²) in [7, 11) is 0. The second-order valence-electron chi connectivity index (χ2n) is 5.30. The van der Waals surface area contributed by atoms with Gasteiger partial charge in [-0.3, -0.25) is 4.79 Å². The Hall–Kier alpha value is -3.14. The Balaban J connectivity index is 1.99. The first-order valence-electron chi connectivity index (χ1n) is 7.29. The number of benzene rings is 2. The molecule has 0 aliphatic carbocycles. The zero-order valence-corrected chi connectivity index (χ0v) is 12.4. The van der Waals surface area contributed by atoms with Crippen LogP contribution in [0.25, 0.3) is 33.6 Å². The van der Waals surface area contributed by atoms with E-state index in [-0.39, 0.29) is 5.43 Å². The number of nitrogens with zero attached hydrogens (tertiary/aromatic N) is 1. The van der Waals surface area contributed by atoms with Crippen LogP contribution in [0.4, 0.5) is 0 Å². The zero-order valence-electron chi connectivity index (χ0n) is 12.4. The summed E-state index contributed by atoms with van der Waals surface area (Å²) in [4.78, 5) is 12.3. The molecule has 2 aromatic heterocycles. The van der Waals surface area contributed by atoms with Gasteiger partial charge in [-0.2, -0.15) is 0 Å². The molecule has 0 fully saturated rings. The van der Waals surface area contributed by atoms with Gasteiger partial charge < -0.3 is 8.94 Å². The summed E-state index contributed by atoms with van der Waals surface area (Å²) in [5.74, 6) is 1.08. The minimum Gasteiger partial charge on any atom is -0.456 e. The van der Waals surface area contributed by atoms with Crippen LogP contribution in [0.3, 0.4) is 0 Å². The fourth-order valence-electron chi connectivity index (χ4n) is 2.68. The zero-order chi connectivity index (χ0) is 15.8. The molecule has 4 rings (SSSR count). The molecule has 0 saturated carbocycles. The molecule has 0 saturated heterocycles. The average molecular weight is 303 g/mol. The van der Waals surface area contributed by atoms with E-state index in [0.717, 1.165) is 5.56 Å². The maximum atomic E-state index is 12.3. The SMILES string of the molecule is Cc1onc(-c2ccccc2)c1-c1cc(=O)c2ccccc2o1. The minimum absolute atomic E-state index is 0.0820. The lowest BCUT2D eigenvalue weighted by molar-refractivity contribution is 0.400. The van der Waals surface area contributed by atoms with E-state index < -0.39 is 0 Å². The number of fused-ring (bicyclic) bond motifs is 1. The van der Waals surface area contributed by atoms with Crippen LogP contribution < -0.4 is 5.43 Å². The monoisotopic (exact) mass is 303 g/mol. The molecule has 4 nitrogen and oxygen atoms in total. The van der Waals surface area contributed by atoms with Crippen molar-refractivity contribution in [2.45, 2.75) is 6.92 Å². The third-order valence-corrected chi connectivity index (χ3v) is 3.79. The van der Waals surface area contributed by atoms with Crippen molar-refractivity contribution >= 4 is 11.0 Å². The van der Waals surface area contributed by atoms with Gasteiger partial charge in [0.25, 0.3) is 0 Å². The number of rotatable bonds is 2. The van der Waals surface area contributed by atoms with Crippen LogP contribution in [0.5, 0.6) is 0 Å². The molecule has 0 radical (unpaired) electrons. The molecule has 0 N–H and O–H groups in total. The number of aryl methyl sites for hydroxylation is 1. The van der Waals surface area contributed by atoms with Gasteiger partial charge in [0.15, 0.2) is 5.43 Å². The molecular weight excluding hydrogens is 290 g/mol. The van der Waals surface area contributed by atoms with Crippen molar-refractivity contribution in [1.29, 1.82) is 0 Å². The summed E-state index contributed by atoms with van der Waals surface area (Å²) in [6.07, 6.45) is 0. The van der Waals surface area contributed by atoms with E-state index in [1.54, 1.807) is 12.1 Å². The highest BCUT2D eigenvalue weighted by Crippen LogP contribution is 2.34. The Morgan fingerprint density at radius 3 is 2.52 bits per heavy atom. The van der Waals surface area contributed by atoms with E-state index in [1.807, 2.05) is 49.4 Å². The van der Waals surface area contributed by atoms with Crippen molar-refractivity contribution in [2.75, 3.05) is 0 Å².